The molecule has 3 heteroatoms. The van der Waals surface area contributed by atoms with Crippen molar-refractivity contribution in [1.29, 1.82) is 0 Å². The molecule has 0 aliphatic carbocycles. The summed E-state index contributed by atoms with van der Waals surface area (Å²) in [4.78, 5) is 9.01. The van der Waals surface area contributed by atoms with Gasteiger partial charge in [0.2, 0.25) is 0 Å². The van der Waals surface area contributed by atoms with E-state index in [0.717, 1.165) is 29.6 Å². The highest BCUT2D eigenvalue weighted by molar-refractivity contribution is 5.73. The first-order valence-electron chi connectivity index (χ1n) is 6.84. The van der Waals surface area contributed by atoms with Gasteiger partial charge in [0.05, 0.1) is 22.9 Å². The molecule has 100 valence electrons. The van der Waals surface area contributed by atoms with Crippen LogP contribution < -0.4 is 5.73 Å². The molecular weight excluding hydrogens is 246 g/mol. The third-order valence-corrected chi connectivity index (χ3v) is 3.43. The van der Waals surface area contributed by atoms with Crippen LogP contribution in [0.15, 0.2) is 60.8 Å². The third kappa shape index (κ3) is 2.83. The fourth-order valence-electron chi connectivity index (χ4n) is 2.26. The van der Waals surface area contributed by atoms with Gasteiger partial charge in [0.1, 0.15) is 0 Å². The first-order valence-corrected chi connectivity index (χ1v) is 6.84. The Balaban J connectivity index is 1.73. The molecule has 1 heterocycles. The van der Waals surface area contributed by atoms with Gasteiger partial charge in [0.25, 0.3) is 0 Å². The summed E-state index contributed by atoms with van der Waals surface area (Å²) in [5, 5.41) is 0. The Morgan fingerprint density at radius 2 is 1.60 bits per heavy atom. The number of nitrogens with zero attached hydrogens (tertiary/aromatic N) is 2. The SMILES string of the molecule is N[C@@H](CCc1ccccc1)c1cnc2ccccc2n1. The Morgan fingerprint density at radius 1 is 0.900 bits per heavy atom. The van der Waals surface area contributed by atoms with Crippen molar-refractivity contribution in [3.05, 3.63) is 72.1 Å². The molecule has 0 unspecified atom stereocenters. The standard InChI is InChI=1S/C17H17N3/c18-14(11-10-13-6-2-1-3-7-13)17-12-19-15-8-4-5-9-16(15)20-17/h1-9,12,14H,10-11,18H2/t14-/m0/s1. The van der Waals surface area contributed by atoms with Gasteiger partial charge in [-0.25, -0.2) is 4.98 Å². The van der Waals surface area contributed by atoms with Crippen molar-refractivity contribution in [2.45, 2.75) is 18.9 Å². The van der Waals surface area contributed by atoms with E-state index in [0.29, 0.717) is 0 Å². The Labute approximate surface area is 118 Å². The molecule has 0 amide bonds. The maximum absolute atomic E-state index is 6.23. The Hall–Kier alpha value is -2.26. The molecule has 3 aromatic rings. The van der Waals surface area contributed by atoms with Crippen LogP contribution in [0.1, 0.15) is 23.7 Å². The van der Waals surface area contributed by atoms with Gasteiger partial charge in [-0.2, -0.15) is 0 Å². The maximum atomic E-state index is 6.23. The van der Waals surface area contributed by atoms with E-state index in [1.807, 2.05) is 30.3 Å². The van der Waals surface area contributed by atoms with E-state index >= 15 is 0 Å². The zero-order chi connectivity index (χ0) is 13.8. The van der Waals surface area contributed by atoms with Crippen molar-refractivity contribution in [2.75, 3.05) is 0 Å². The Kier molecular flexibility index (Phi) is 3.70. The molecule has 0 fully saturated rings. The van der Waals surface area contributed by atoms with Crippen LogP contribution in [0.4, 0.5) is 0 Å². The monoisotopic (exact) mass is 263 g/mol. The lowest BCUT2D eigenvalue weighted by atomic mass is 10.0. The van der Waals surface area contributed by atoms with Gasteiger partial charge in [-0.3, -0.25) is 4.98 Å². The second-order valence-corrected chi connectivity index (χ2v) is 4.91. The number of nitrogens with two attached hydrogens (primary N) is 1. The first-order chi connectivity index (χ1) is 9.83. The number of hydrogen-bond donors (Lipinski definition) is 1. The molecule has 0 saturated carbocycles. The minimum absolute atomic E-state index is 0.0766. The van der Waals surface area contributed by atoms with Gasteiger partial charge < -0.3 is 5.73 Å². The lowest BCUT2D eigenvalue weighted by Crippen LogP contribution is -2.13. The van der Waals surface area contributed by atoms with Gasteiger partial charge in [-0.15, -0.1) is 0 Å². The molecule has 3 rings (SSSR count). The molecule has 0 spiro atoms. The maximum Gasteiger partial charge on any atom is 0.0890 e. The third-order valence-electron chi connectivity index (χ3n) is 3.43. The van der Waals surface area contributed by atoms with Gasteiger partial charge >= 0.3 is 0 Å². The van der Waals surface area contributed by atoms with E-state index in [9.17, 15) is 0 Å². The largest absolute Gasteiger partial charge is 0.323 e. The van der Waals surface area contributed by atoms with Crippen LogP contribution in [-0.2, 0) is 6.42 Å². The van der Waals surface area contributed by atoms with E-state index in [-0.39, 0.29) is 6.04 Å². The fraction of sp³-hybridized carbons (Fsp3) is 0.176. The number of rotatable bonds is 4. The number of hydrogen-bond acceptors (Lipinski definition) is 3. The van der Waals surface area contributed by atoms with Crippen LogP contribution in [0.5, 0.6) is 0 Å². The summed E-state index contributed by atoms with van der Waals surface area (Å²) in [5.74, 6) is 0. The molecule has 2 aromatic carbocycles. The summed E-state index contributed by atoms with van der Waals surface area (Å²) in [6.07, 6.45) is 3.62. The normalized spacial score (nSPS) is 12.4. The summed E-state index contributed by atoms with van der Waals surface area (Å²) in [7, 11) is 0. The van der Waals surface area contributed by atoms with Crippen molar-refractivity contribution >= 4 is 11.0 Å². The highest BCUT2D eigenvalue weighted by Crippen LogP contribution is 2.17. The highest BCUT2D eigenvalue weighted by atomic mass is 14.8. The lowest BCUT2D eigenvalue weighted by Gasteiger charge is -2.11. The van der Waals surface area contributed by atoms with Crippen LogP contribution in [0.25, 0.3) is 11.0 Å². The molecule has 0 aliphatic heterocycles. The average Bonchev–Trinajstić information content (AvgIpc) is 2.53. The van der Waals surface area contributed by atoms with Crippen molar-refractivity contribution in [1.82, 2.24) is 9.97 Å². The quantitative estimate of drug-likeness (QED) is 0.786. The van der Waals surface area contributed by atoms with E-state index in [1.54, 1.807) is 6.20 Å². The van der Waals surface area contributed by atoms with Crippen LogP contribution in [0, 0.1) is 0 Å². The number of fused-ring (bicyclic) bond motifs is 1. The zero-order valence-corrected chi connectivity index (χ0v) is 11.2. The van der Waals surface area contributed by atoms with Crippen molar-refractivity contribution < 1.29 is 0 Å². The molecular formula is C17H17N3. The van der Waals surface area contributed by atoms with E-state index in [1.165, 1.54) is 5.56 Å². The summed E-state index contributed by atoms with van der Waals surface area (Å²) < 4.78 is 0. The predicted molar refractivity (Wildman–Crippen MR) is 81.2 cm³/mol. The predicted octanol–water partition coefficient (Wildman–Crippen LogP) is 3.26. The second kappa shape index (κ2) is 5.80. The molecule has 1 atom stereocenters. The van der Waals surface area contributed by atoms with E-state index < -0.39 is 0 Å². The minimum Gasteiger partial charge on any atom is -0.323 e. The highest BCUT2D eigenvalue weighted by Gasteiger charge is 2.09. The van der Waals surface area contributed by atoms with Gasteiger partial charge in [0, 0.05) is 6.04 Å². The molecule has 1 aromatic heterocycles. The fourth-order valence-corrected chi connectivity index (χ4v) is 2.26. The van der Waals surface area contributed by atoms with Gasteiger partial charge in [-0.05, 0) is 30.5 Å². The van der Waals surface area contributed by atoms with E-state index in [4.69, 9.17) is 5.73 Å². The summed E-state index contributed by atoms with van der Waals surface area (Å²) in [5.41, 5.74) is 10.2. The molecule has 0 saturated heterocycles. The molecule has 3 nitrogen and oxygen atoms in total. The number of benzene rings is 2. The van der Waals surface area contributed by atoms with Crippen LogP contribution in [0.3, 0.4) is 0 Å². The number of para-hydroxylation sites is 2. The van der Waals surface area contributed by atoms with Crippen LogP contribution in [-0.4, -0.2) is 9.97 Å². The van der Waals surface area contributed by atoms with Gasteiger partial charge in [-0.1, -0.05) is 42.5 Å². The smallest absolute Gasteiger partial charge is 0.0890 e. The summed E-state index contributed by atoms with van der Waals surface area (Å²) >= 11 is 0. The number of aryl methyl sites for hydroxylation is 1. The molecule has 20 heavy (non-hydrogen) atoms. The van der Waals surface area contributed by atoms with Gasteiger partial charge in [0.15, 0.2) is 0 Å². The summed E-state index contributed by atoms with van der Waals surface area (Å²) in [6.45, 7) is 0. The summed E-state index contributed by atoms with van der Waals surface area (Å²) in [6, 6.07) is 18.2. The van der Waals surface area contributed by atoms with Crippen molar-refractivity contribution in [3.8, 4) is 0 Å². The second-order valence-electron chi connectivity index (χ2n) is 4.91. The Bertz CT molecular complexity index is 695. The van der Waals surface area contributed by atoms with Crippen molar-refractivity contribution in [2.24, 2.45) is 5.73 Å². The van der Waals surface area contributed by atoms with E-state index in [2.05, 4.69) is 34.2 Å². The average molecular weight is 263 g/mol. The number of aromatic nitrogens is 2. The van der Waals surface area contributed by atoms with Crippen LogP contribution in [0.2, 0.25) is 0 Å². The molecule has 0 radical (unpaired) electrons. The lowest BCUT2D eigenvalue weighted by molar-refractivity contribution is 0.633. The van der Waals surface area contributed by atoms with Crippen molar-refractivity contribution in [3.63, 3.8) is 0 Å². The Morgan fingerprint density at radius 3 is 2.40 bits per heavy atom. The molecule has 0 bridgehead atoms. The topological polar surface area (TPSA) is 51.8 Å². The van der Waals surface area contributed by atoms with Crippen LogP contribution >= 0.6 is 0 Å². The first kappa shape index (κ1) is 12.8. The molecule has 2 N–H and O–H groups in total. The zero-order valence-electron chi connectivity index (χ0n) is 11.2. The minimum atomic E-state index is -0.0766. The molecule has 0 aliphatic rings.